The van der Waals surface area contributed by atoms with Crippen LogP contribution in [0.15, 0.2) is 46.0 Å². The lowest BCUT2D eigenvalue weighted by atomic mass is 10.1. The molecule has 164 valence electrons. The number of imide groups is 1. The lowest BCUT2D eigenvalue weighted by molar-refractivity contribution is -0.122. The molecule has 0 N–H and O–H groups in total. The van der Waals surface area contributed by atoms with E-state index in [0.29, 0.717) is 18.5 Å². The van der Waals surface area contributed by atoms with Crippen molar-refractivity contribution in [1.29, 1.82) is 0 Å². The van der Waals surface area contributed by atoms with Crippen LogP contribution < -0.4 is 4.90 Å². The van der Waals surface area contributed by atoms with E-state index in [1.807, 2.05) is 0 Å². The van der Waals surface area contributed by atoms with Gasteiger partial charge in [0.25, 0.3) is 15.9 Å². The Balaban J connectivity index is 1.67. The monoisotopic (exact) mass is 462 g/mol. The summed E-state index contributed by atoms with van der Waals surface area (Å²) in [5.74, 6) is -1.56. The summed E-state index contributed by atoms with van der Waals surface area (Å²) >= 11 is 1.10. The van der Waals surface area contributed by atoms with Crippen LogP contribution in [0, 0.1) is 0 Å². The van der Waals surface area contributed by atoms with Crippen LogP contribution in [0.1, 0.15) is 42.5 Å². The molecule has 2 heterocycles. The van der Waals surface area contributed by atoms with Gasteiger partial charge in [-0.15, -0.1) is 11.3 Å². The van der Waals surface area contributed by atoms with E-state index >= 15 is 0 Å². The molecule has 1 saturated carbocycles. The van der Waals surface area contributed by atoms with Gasteiger partial charge in [0, 0.05) is 6.04 Å². The minimum Gasteiger partial charge on any atom is -0.465 e. The summed E-state index contributed by atoms with van der Waals surface area (Å²) in [6.45, 7) is 0. The van der Waals surface area contributed by atoms with Crippen LogP contribution in [0.3, 0.4) is 0 Å². The molecule has 1 aliphatic heterocycles. The number of hydrogen-bond donors (Lipinski definition) is 0. The fourth-order valence-electron chi connectivity index (χ4n) is 4.24. The minimum absolute atomic E-state index is 0.167. The first-order chi connectivity index (χ1) is 14.8. The van der Waals surface area contributed by atoms with E-state index < -0.39 is 33.8 Å². The summed E-state index contributed by atoms with van der Waals surface area (Å²) in [5.41, 5.74) is 0.583. The Morgan fingerprint density at radius 3 is 2.39 bits per heavy atom. The van der Waals surface area contributed by atoms with Gasteiger partial charge in [-0.3, -0.25) is 9.59 Å². The van der Waals surface area contributed by atoms with Crippen LogP contribution in [0.25, 0.3) is 0 Å². The maximum Gasteiger partial charge on any atom is 0.337 e. The molecule has 0 radical (unpaired) electrons. The Morgan fingerprint density at radius 2 is 1.81 bits per heavy atom. The largest absolute Gasteiger partial charge is 0.465 e. The molecule has 2 fully saturated rings. The number of amides is 2. The van der Waals surface area contributed by atoms with E-state index in [0.717, 1.165) is 29.1 Å². The zero-order valence-corrected chi connectivity index (χ0v) is 18.5. The van der Waals surface area contributed by atoms with Gasteiger partial charge >= 0.3 is 5.97 Å². The number of methoxy groups -OCH3 is 1. The molecule has 1 aromatic heterocycles. The molecule has 10 heteroatoms. The van der Waals surface area contributed by atoms with Crippen LogP contribution in [0.5, 0.6) is 0 Å². The highest BCUT2D eigenvalue weighted by atomic mass is 32.2. The molecule has 2 aromatic rings. The fraction of sp³-hybridized carbons (Fsp3) is 0.381. The van der Waals surface area contributed by atoms with Crippen molar-refractivity contribution < 1.29 is 27.5 Å². The van der Waals surface area contributed by atoms with Crippen molar-refractivity contribution in [3.63, 3.8) is 0 Å². The first kappa shape index (κ1) is 21.7. The predicted octanol–water partition coefficient (Wildman–Crippen LogP) is 2.80. The van der Waals surface area contributed by atoms with Gasteiger partial charge in [-0.25, -0.2) is 18.1 Å². The Bertz CT molecular complexity index is 1090. The number of nitrogens with zero attached hydrogens (tertiary/aromatic N) is 2. The first-order valence-corrected chi connectivity index (χ1v) is 12.3. The smallest absolute Gasteiger partial charge is 0.337 e. The first-order valence-electron chi connectivity index (χ1n) is 9.97. The number of carbonyl (C=O) groups excluding carboxylic acids is 3. The second-order valence-corrected chi connectivity index (χ2v) is 10.5. The zero-order valence-electron chi connectivity index (χ0n) is 16.9. The lowest BCUT2D eigenvalue weighted by Crippen LogP contribution is -2.49. The molecule has 1 saturated heterocycles. The number of ether oxygens (including phenoxy) is 1. The van der Waals surface area contributed by atoms with E-state index in [4.69, 9.17) is 0 Å². The van der Waals surface area contributed by atoms with Gasteiger partial charge in [-0.05, 0) is 48.6 Å². The van der Waals surface area contributed by atoms with Crippen LogP contribution in [0.2, 0.25) is 0 Å². The molecule has 8 nitrogen and oxygen atoms in total. The molecule has 4 rings (SSSR count). The zero-order chi connectivity index (χ0) is 22.2. The third-order valence-electron chi connectivity index (χ3n) is 5.69. The van der Waals surface area contributed by atoms with Gasteiger partial charge in [0.1, 0.15) is 10.3 Å². The van der Waals surface area contributed by atoms with Crippen molar-refractivity contribution in [2.45, 2.75) is 48.4 Å². The molecule has 1 atom stereocenters. The van der Waals surface area contributed by atoms with Crippen molar-refractivity contribution in [3.05, 3.63) is 47.3 Å². The van der Waals surface area contributed by atoms with Gasteiger partial charge in [0.05, 0.1) is 24.8 Å². The summed E-state index contributed by atoms with van der Waals surface area (Å²) in [5, 5.41) is 1.68. The van der Waals surface area contributed by atoms with Crippen LogP contribution >= 0.6 is 11.3 Å². The second-order valence-electron chi connectivity index (χ2n) is 7.53. The molecule has 31 heavy (non-hydrogen) atoms. The van der Waals surface area contributed by atoms with Crippen LogP contribution in [-0.4, -0.2) is 49.7 Å². The average Bonchev–Trinajstić information content (AvgIpc) is 3.51. The summed E-state index contributed by atoms with van der Waals surface area (Å²) < 4.78 is 32.9. The molecule has 2 amide bonds. The lowest BCUT2D eigenvalue weighted by Gasteiger charge is -2.31. The Hall–Kier alpha value is -2.56. The van der Waals surface area contributed by atoms with E-state index in [9.17, 15) is 22.8 Å². The van der Waals surface area contributed by atoms with E-state index in [1.165, 1.54) is 41.7 Å². The van der Waals surface area contributed by atoms with Crippen molar-refractivity contribution in [2.24, 2.45) is 0 Å². The van der Waals surface area contributed by atoms with Gasteiger partial charge in [-0.2, -0.15) is 4.31 Å². The standard InChI is InChI=1S/C21H22N2O6S2/c1-29-21(26)14-8-10-15(11-9-14)22-18(24)13-17(20(22)25)23(16-5-2-3-6-16)31(27,28)19-7-4-12-30-19/h4,7-12,16-17H,2-3,5-6,13H2,1H3. The number of esters is 1. The summed E-state index contributed by atoms with van der Waals surface area (Å²) in [6, 6.07) is 7.68. The van der Waals surface area contributed by atoms with Gasteiger partial charge in [0.15, 0.2) is 0 Å². The van der Waals surface area contributed by atoms with Gasteiger partial charge in [-0.1, -0.05) is 18.9 Å². The summed E-state index contributed by atoms with van der Waals surface area (Å²) in [6.07, 6.45) is 2.88. The van der Waals surface area contributed by atoms with Crippen LogP contribution in [0.4, 0.5) is 5.69 Å². The molecule has 0 bridgehead atoms. The van der Waals surface area contributed by atoms with E-state index in [-0.39, 0.29) is 22.2 Å². The molecular weight excluding hydrogens is 440 g/mol. The normalized spacial score (nSPS) is 20.1. The molecule has 2 aliphatic rings. The number of sulfonamides is 1. The topological polar surface area (TPSA) is 101 Å². The highest BCUT2D eigenvalue weighted by molar-refractivity contribution is 7.91. The Labute approximate surface area is 184 Å². The maximum absolute atomic E-state index is 13.4. The molecule has 1 unspecified atom stereocenters. The number of rotatable bonds is 6. The molecule has 0 spiro atoms. The fourth-order valence-corrected chi connectivity index (χ4v) is 7.16. The van der Waals surface area contributed by atoms with Crippen molar-refractivity contribution in [1.82, 2.24) is 4.31 Å². The highest BCUT2D eigenvalue weighted by Gasteiger charge is 2.50. The molecular formula is C21H22N2O6S2. The van der Waals surface area contributed by atoms with Crippen molar-refractivity contribution in [2.75, 3.05) is 12.0 Å². The summed E-state index contributed by atoms with van der Waals surface area (Å²) in [4.78, 5) is 38.8. The number of benzene rings is 1. The number of thiophene rings is 1. The van der Waals surface area contributed by atoms with Gasteiger partial charge in [0.2, 0.25) is 5.91 Å². The predicted molar refractivity (Wildman–Crippen MR) is 114 cm³/mol. The Kier molecular flexibility index (Phi) is 5.96. The van der Waals surface area contributed by atoms with Crippen LogP contribution in [-0.2, 0) is 24.3 Å². The van der Waals surface area contributed by atoms with E-state index in [1.54, 1.807) is 11.4 Å². The highest BCUT2D eigenvalue weighted by Crippen LogP contribution is 2.36. The number of hydrogen-bond acceptors (Lipinski definition) is 7. The number of anilines is 1. The SMILES string of the molecule is COC(=O)c1ccc(N2C(=O)CC(N(C3CCCC3)S(=O)(=O)c3cccs3)C2=O)cc1. The molecule has 1 aliphatic carbocycles. The van der Waals surface area contributed by atoms with E-state index in [2.05, 4.69) is 4.74 Å². The number of carbonyl (C=O) groups is 3. The Morgan fingerprint density at radius 1 is 1.13 bits per heavy atom. The quantitative estimate of drug-likeness (QED) is 0.483. The molecule has 1 aromatic carbocycles. The minimum atomic E-state index is -3.92. The summed E-state index contributed by atoms with van der Waals surface area (Å²) in [7, 11) is -2.65. The second kappa shape index (κ2) is 8.52. The third kappa shape index (κ3) is 3.90. The third-order valence-corrected chi connectivity index (χ3v) is 9.02. The van der Waals surface area contributed by atoms with Gasteiger partial charge < -0.3 is 4.74 Å². The maximum atomic E-state index is 13.4. The van der Waals surface area contributed by atoms with Crippen molar-refractivity contribution in [3.8, 4) is 0 Å². The van der Waals surface area contributed by atoms with Crippen molar-refractivity contribution >= 4 is 44.8 Å². The average molecular weight is 463 g/mol.